The first-order valence-corrected chi connectivity index (χ1v) is 6.27. The second-order valence-corrected chi connectivity index (χ2v) is 5.51. The fourth-order valence-electron chi connectivity index (χ4n) is 2.37. The van der Waals surface area contributed by atoms with Gasteiger partial charge in [-0.15, -0.1) is 0 Å². The van der Waals surface area contributed by atoms with E-state index >= 15 is 0 Å². The zero-order chi connectivity index (χ0) is 13.3. The maximum Gasteiger partial charge on any atom is 0.245 e. The standard InChI is InChI=1S/C13H17ClN2O2/c1-13(2)8-15-12(18)11(7-17)16(13)10-5-3-4-9(14)6-10/h3-6,11,17H,7-8H2,1-2H3,(H,15,18). The number of piperazine rings is 1. The van der Waals surface area contributed by atoms with Gasteiger partial charge in [0.25, 0.3) is 0 Å². The first-order chi connectivity index (χ1) is 8.45. The zero-order valence-corrected chi connectivity index (χ0v) is 11.2. The smallest absolute Gasteiger partial charge is 0.245 e. The number of aliphatic hydroxyl groups excluding tert-OH is 1. The molecule has 2 rings (SSSR count). The second-order valence-electron chi connectivity index (χ2n) is 5.08. The largest absolute Gasteiger partial charge is 0.394 e. The van der Waals surface area contributed by atoms with Gasteiger partial charge in [-0.05, 0) is 32.0 Å². The van der Waals surface area contributed by atoms with Crippen LogP contribution in [-0.4, -0.2) is 35.7 Å². The van der Waals surface area contributed by atoms with E-state index in [1.165, 1.54) is 0 Å². The lowest BCUT2D eigenvalue weighted by Crippen LogP contribution is -2.67. The van der Waals surface area contributed by atoms with E-state index < -0.39 is 6.04 Å². The molecule has 1 atom stereocenters. The minimum absolute atomic E-state index is 0.156. The molecule has 1 fully saturated rings. The van der Waals surface area contributed by atoms with Crippen molar-refractivity contribution in [3.63, 3.8) is 0 Å². The third kappa shape index (κ3) is 2.31. The van der Waals surface area contributed by atoms with Crippen LogP contribution in [0.4, 0.5) is 5.69 Å². The Kier molecular flexibility index (Phi) is 3.50. The van der Waals surface area contributed by atoms with Gasteiger partial charge in [-0.25, -0.2) is 0 Å². The molecule has 1 aromatic carbocycles. The third-order valence-electron chi connectivity index (χ3n) is 3.22. The molecule has 0 bridgehead atoms. The number of aliphatic hydroxyl groups is 1. The van der Waals surface area contributed by atoms with Crippen LogP contribution in [0.25, 0.3) is 0 Å². The molecule has 4 nitrogen and oxygen atoms in total. The van der Waals surface area contributed by atoms with Gasteiger partial charge in [0.2, 0.25) is 5.91 Å². The van der Waals surface area contributed by atoms with Crippen LogP contribution in [-0.2, 0) is 4.79 Å². The first kappa shape index (κ1) is 13.2. The van der Waals surface area contributed by atoms with E-state index in [2.05, 4.69) is 5.32 Å². The maximum atomic E-state index is 11.8. The van der Waals surface area contributed by atoms with Gasteiger partial charge in [-0.3, -0.25) is 4.79 Å². The summed E-state index contributed by atoms with van der Waals surface area (Å²) in [6.07, 6.45) is 0. The zero-order valence-electron chi connectivity index (χ0n) is 10.5. The van der Waals surface area contributed by atoms with Crippen molar-refractivity contribution >= 4 is 23.2 Å². The molecule has 0 radical (unpaired) electrons. The molecule has 5 heteroatoms. The minimum Gasteiger partial charge on any atom is -0.394 e. The topological polar surface area (TPSA) is 52.6 Å². The summed E-state index contributed by atoms with van der Waals surface area (Å²) in [5, 5.41) is 12.9. The number of carbonyl (C=O) groups is 1. The predicted octanol–water partition coefficient (Wildman–Crippen LogP) is 1.42. The lowest BCUT2D eigenvalue weighted by Gasteiger charge is -2.48. The van der Waals surface area contributed by atoms with Crippen LogP contribution in [0.3, 0.4) is 0 Å². The van der Waals surface area contributed by atoms with Gasteiger partial charge in [-0.2, -0.15) is 0 Å². The van der Waals surface area contributed by atoms with E-state index in [-0.39, 0.29) is 18.1 Å². The molecule has 1 amide bonds. The number of amides is 1. The third-order valence-corrected chi connectivity index (χ3v) is 3.46. The molecule has 1 heterocycles. The van der Waals surface area contributed by atoms with E-state index in [4.69, 9.17) is 11.6 Å². The van der Waals surface area contributed by atoms with Crippen molar-refractivity contribution < 1.29 is 9.90 Å². The molecule has 0 aromatic heterocycles. The van der Waals surface area contributed by atoms with Gasteiger partial charge in [0, 0.05) is 17.3 Å². The number of benzene rings is 1. The molecule has 18 heavy (non-hydrogen) atoms. The highest BCUT2D eigenvalue weighted by Crippen LogP contribution is 2.30. The summed E-state index contributed by atoms with van der Waals surface area (Å²) in [5.74, 6) is -0.156. The van der Waals surface area contributed by atoms with Crippen molar-refractivity contribution in [1.29, 1.82) is 0 Å². The molecule has 0 saturated carbocycles. The summed E-state index contributed by atoms with van der Waals surface area (Å²) in [7, 11) is 0. The van der Waals surface area contributed by atoms with E-state index in [9.17, 15) is 9.90 Å². The normalized spacial score (nSPS) is 22.8. The number of nitrogens with zero attached hydrogens (tertiary/aromatic N) is 1. The van der Waals surface area contributed by atoms with Crippen LogP contribution in [0, 0.1) is 0 Å². The van der Waals surface area contributed by atoms with Gasteiger partial charge in [-0.1, -0.05) is 17.7 Å². The summed E-state index contributed by atoms with van der Waals surface area (Å²) in [6.45, 7) is 4.36. The van der Waals surface area contributed by atoms with Gasteiger partial charge in [0.05, 0.1) is 12.1 Å². The minimum atomic E-state index is -0.577. The number of hydrogen-bond acceptors (Lipinski definition) is 3. The first-order valence-electron chi connectivity index (χ1n) is 5.89. The van der Waals surface area contributed by atoms with Crippen LogP contribution < -0.4 is 10.2 Å². The Hall–Kier alpha value is -1.26. The van der Waals surface area contributed by atoms with Crippen molar-refractivity contribution in [1.82, 2.24) is 5.32 Å². The summed E-state index contributed by atoms with van der Waals surface area (Å²) in [4.78, 5) is 13.8. The number of nitrogens with one attached hydrogen (secondary N) is 1. The predicted molar refractivity (Wildman–Crippen MR) is 71.9 cm³/mol. The summed E-state index contributed by atoms with van der Waals surface area (Å²) in [5.41, 5.74) is 0.577. The summed E-state index contributed by atoms with van der Waals surface area (Å²) >= 11 is 5.99. The van der Waals surface area contributed by atoms with Crippen LogP contribution in [0.15, 0.2) is 24.3 Å². The Morgan fingerprint density at radius 1 is 1.56 bits per heavy atom. The van der Waals surface area contributed by atoms with E-state index in [1.54, 1.807) is 6.07 Å². The molecule has 0 spiro atoms. The molecule has 1 unspecified atom stereocenters. The van der Waals surface area contributed by atoms with E-state index in [0.717, 1.165) is 5.69 Å². The average molecular weight is 269 g/mol. The molecule has 1 aliphatic rings. The Morgan fingerprint density at radius 3 is 2.89 bits per heavy atom. The van der Waals surface area contributed by atoms with Crippen LogP contribution >= 0.6 is 11.6 Å². The Labute approximate surface area is 112 Å². The monoisotopic (exact) mass is 268 g/mol. The highest BCUT2D eigenvalue weighted by atomic mass is 35.5. The second kappa shape index (κ2) is 4.78. The maximum absolute atomic E-state index is 11.8. The molecule has 1 saturated heterocycles. The Morgan fingerprint density at radius 2 is 2.28 bits per heavy atom. The number of carbonyl (C=O) groups excluding carboxylic acids is 1. The SMILES string of the molecule is CC1(C)CNC(=O)C(CO)N1c1cccc(Cl)c1. The van der Waals surface area contributed by atoms with Gasteiger partial charge in [0.15, 0.2) is 0 Å². The number of halogens is 1. The quantitative estimate of drug-likeness (QED) is 0.853. The molecule has 98 valence electrons. The van der Waals surface area contributed by atoms with E-state index in [0.29, 0.717) is 11.6 Å². The Balaban J connectivity index is 2.44. The van der Waals surface area contributed by atoms with Crippen LogP contribution in [0.1, 0.15) is 13.8 Å². The van der Waals surface area contributed by atoms with Crippen molar-refractivity contribution in [2.45, 2.75) is 25.4 Å². The highest BCUT2D eigenvalue weighted by molar-refractivity contribution is 6.30. The number of hydrogen-bond donors (Lipinski definition) is 2. The molecule has 2 N–H and O–H groups in total. The molecule has 1 aliphatic heterocycles. The average Bonchev–Trinajstić information content (AvgIpc) is 2.31. The molecular formula is C13H17ClN2O2. The number of anilines is 1. The van der Waals surface area contributed by atoms with Crippen molar-refractivity contribution in [2.24, 2.45) is 0 Å². The summed E-state index contributed by atoms with van der Waals surface area (Å²) in [6, 6.07) is 6.76. The van der Waals surface area contributed by atoms with Gasteiger partial charge >= 0.3 is 0 Å². The molecule has 1 aromatic rings. The fraction of sp³-hybridized carbons (Fsp3) is 0.462. The van der Waals surface area contributed by atoms with Crippen LogP contribution in [0.5, 0.6) is 0 Å². The van der Waals surface area contributed by atoms with Gasteiger partial charge < -0.3 is 15.3 Å². The fourth-order valence-corrected chi connectivity index (χ4v) is 2.55. The summed E-state index contributed by atoms with van der Waals surface area (Å²) < 4.78 is 0. The van der Waals surface area contributed by atoms with E-state index in [1.807, 2.05) is 36.9 Å². The Bertz CT molecular complexity index is 462. The molecule has 0 aliphatic carbocycles. The highest BCUT2D eigenvalue weighted by Gasteiger charge is 2.40. The van der Waals surface area contributed by atoms with Crippen molar-refractivity contribution in [2.75, 3.05) is 18.1 Å². The number of rotatable bonds is 2. The van der Waals surface area contributed by atoms with Crippen LogP contribution in [0.2, 0.25) is 5.02 Å². The molecular weight excluding hydrogens is 252 g/mol. The van der Waals surface area contributed by atoms with Crippen molar-refractivity contribution in [3.05, 3.63) is 29.3 Å². The lowest BCUT2D eigenvalue weighted by molar-refractivity contribution is -0.125. The lowest BCUT2D eigenvalue weighted by atomic mass is 9.95. The van der Waals surface area contributed by atoms with Gasteiger partial charge in [0.1, 0.15) is 6.04 Å². The van der Waals surface area contributed by atoms with Crippen molar-refractivity contribution in [3.8, 4) is 0 Å².